The van der Waals surface area contributed by atoms with Crippen molar-refractivity contribution in [2.24, 2.45) is 0 Å². The highest BCUT2D eigenvalue weighted by molar-refractivity contribution is 5.98. The summed E-state index contributed by atoms with van der Waals surface area (Å²) in [6, 6.07) is 17.2. The lowest BCUT2D eigenvalue weighted by molar-refractivity contribution is 0.0217. The highest BCUT2D eigenvalue weighted by Gasteiger charge is 2.36. The molecular weight excluding hydrogens is 400 g/mol. The van der Waals surface area contributed by atoms with Crippen molar-refractivity contribution >= 4 is 17.0 Å². The van der Waals surface area contributed by atoms with Crippen LogP contribution in [-0.4, -0.2) is 40.9 Å². The van der Waals surface area contributed by atoms with Gasteiger partial charge in [0.25, 0.3) is 0 Å². The second-order valence-electron chi connectivity index (χ2n) is 9.60. The van der Waals surface area contributed by atoms with Crippen molar-refractivity contribution in [2.75, 3.05) is 13.7 Å². The maximum atomic E-state index is 13.0. The van der Waals surface area contributed by atoms with E-state index in [1.165, 1.54) is 22.0 Å². The number of ether oxygens (including phenoxy) is 2. The molecule has 2 aromatic carbocycles. The van der Waals surface area contributed by atoms with Crippen molar-refractivity contribution in [3.63, 3.8) is 0 Å². The predicted molar refractivity (Wildman–Crippen MR) is 129 cm³/mol. The summed E-state index contributed by atoms with van der Waals surface area (Å²) >= 11 is 0. The number of nitrogens with zero attached hydrogens (tertiary/aromatic N) is 2. The molecule has 0 radical (unpaired) electrons. The molecule has 0 saturated heterocycles. The van der Waals surface area contributed by atoms with Crippen LogP contribution in [0.2, 0.25) is 0 Å². The van der Waals surface area contributed by atoms with Gasteiger partial charge in [-0.05, 0) is 62.8 Å². The molecule has 0 N–H and O–H groups in total. The molecule has 1 aliphatic carbocycles. The smallest absolute Gasteiger partial charge is 0.410 e. The molecule has 170 valence electrons. The average Bonchev–Trinajstić information content (AvgIpc) is 3.54. The lowest BCUT2D eigenvalue weighted by Gasteiger charge is -2.27. The third-order valence-corrected chi connectivity index (χ3v) is 5.77. The molecule has 0 bridgehead atoms. The van der Waals surface area contributed by atoms with Crippen molar-refractivity contribution in [1.82, 2.24) is 9.47 Å². The number of aromatic nitrogens is 1. The monoisotopic (exact) mass is 434 g/mol. The Hall–Kier alpha value is -2.79. The Labute approximate surface area is 190 Å². The molecule has 4 rings (SSSR count). The van der Waals surface area contributed by atoms with E-state index in [0.29, 0.717) is 6.54 Å². The van der Waals surface area contributed by atoms with Gasteiger partial charge in [0.05, 0.1) is 6.54 Å². The van der Waals surface area contributed by atoms with Crippen LogP contribution in [0.4, 0.5) is 4.79 Å². The second kappa shape index (κ2) is 9.37. The summed E-state index contributed by atoms with van der Waals surface area (Å²) in [6.07, 6.45) is 5.01. The number of carbonyl (C=O) groups is 1. The number of benzene rings is 2. The van der Waals surface area contributed by atoms with E-state index < -0.39 is 5.60 Å². The minimum Gasteiger partial charge on any atom is -0.444 e. The summed E-state index contributed by atoms with van der Waals surface area (Å²) in [4.78, 5) is 15.0. The molecule has 1 heterocycles. The Morgan fingerprint density at radius 1 is 1.09 bits per heavy atom. The van der Waals surface area contributed by atoms with Gasteiger partial charge in [0.15, 0.2) is 0 Å². The maximum Gasteiger partial charge on any atom is 0.410 e. The summed E-state index contributed by atoms with van der Waals surface area (Å²) in [5, 5.41) is 1.21. The van der Waals surface area contributed by atoms with Gasteiger partial charge in [0, 0.05) is 43.4 Å². The molecule has 32 heavy (non-hydrogen) atoms. The Balaban J connectivity index is 1.75. The zero-order valence-electron chi connectivity index (χ0n) is 19.6. The van der Waals surface area contributed by atoms with Gasteiger partial charge in [0.2, 0.25) is 0 Å². The number of rotatable bonds is 8. The van der Waals surface area contributed by atoms with E-state index in [1.807, 2.05) is 31.7 Å². The first kappa shape index (κ1) is 22.4. The Bertz CT molecular complexity index is 1060. The molecule has 0 spiro atoms. The van der Waals surface area contributed by atoms with Gasteiger partial charge in [-0.3, -0.25) is 0 Å². The van der Waals surface area contributed by atoms with E-state index >= 15 is 0 Å². The van der Waals surface area contributed by atoms with Gasteiger partial charge >= 0.3 is 6.09 Å². The van der Waals surface area contributed by atoms with Crippen molar-refractivity contribution in [3.05, 3.63) is 60.3 Å². The second-order valence-corrected chi connectivity index (χ2v) is 9.60. The van der Waals surface area contributed by atoms with Crippen molar-refractivity contribution < 1.29 is 14.3 Å². The number of carbonyl (C=O) groups excluding carboxylic acids is 1. The van der Waals surface area contributed by atoms with Crippen LogP contribution in [0.15, 0.2) is 54.7 Å². The zero-order chi connectivity index (χ0) is 22.7. The molecule has 1 amide bonds. The normalized spacial score (nSPS) is 14.0. The van der Waals surface area contributed by atoms with E-state index in [2.05, 4.69) is 53.2 Å². The summed E-state index contributed by atoms with van der Waals surface area (Å²) in [5.41, 5.74) is 4.23. The van der Waals surface area contributed by atoms with Gasteiger partial charge in [0.1, 0.15) is 5.60 Å². The maximum absolute atomic E-state index is 13.0. The minimum atomic E-state index is -0.506. The largest absolute Gasteiger partial charge is 0.444 e. The van der Waals surface area contributed by atoms with Crippen LogP contribution in [0.1, 0.15) is 45.6 Å². The molecular formula is C27H34N2O3. The standard InChI is InChI=1S/C27H34N2O3/c1-27(2,3)32-26(30)29(22-14-15-22)19-21-18-28(16-9-17-31-4)24-13-8-12-23(25(21)24)20-10-6-5-7-11-20/h5-8,10-13,18,22H,9,14-17,19H2,1-4H3. The third-order valence-electron chi connectivity index (χ3n) is 5.77. The van der Waals surface area contributed by atoms with Gasteiger partial charge in [-0.15, -0.1) is 0 Å². The molecule has 0 unspecified atom stereocenters. The lowest BCUT2D eigenvalue weighted by Crippen LogP contribution is -2.37. The van der Waals surface area contributed by atoms with Crippen LogP contribution >= 0.6 is 0 Å². The molecule has 3 aromatic rings. The van der Waals surface area contributed by atoms with Gasteiger partial charge < -0.3 is 18.9 Å². The Kier molecular flexibility index (Phi) is 6.56. The SMILES string of the molecule is COCCCn1cc(CN(C(=O)OC(C)(C)C)C2CC2)c2c(-c3ccccc3)cccc21. The van der Waals surface area contributed by atoms with Crippen molar-refractivity contribution in [2.45, 2.75) is 64.8 Å². The summed E-state index contributed by atoms with van der Waals surface area (Å²) in [7, 11) is 1.74. The Morgan fingerprint density at radius 2 is 1.84 bits per heavy atom. The van der Waals surface area contributed by atoms with E-state index in [4.69, 9.17) is 9.47 Å². The number of hydrogen-bond acceptors (Lipinski definition) is 3. The quantitative estimate of drug-likeness (QED) is 0.394. The third kappa shape index (κ3) is 5.16. The molecule has 5 heteroatoms. The first-order chi connectivity index (χ1) is 15.4. The first-order valence-electron chi connectivity index (χ1n) is 11.5. The van der Waals surface area contributed by atoms with E-state index in [1.54, 1.807) is 7.11 Å². The molecule has 0 aliphatic heterocycles. The molecule has 1 saturated carbocycles. The lowest BCUT2D eigenvalue weighted by atomic mass is 9.99. The average molecular weight is 435 g/mol. The number of amides is 1. The van der Waals surface area contributed by atoms with E-state index in [-0.39, 0.29) is 12.1 Å². The van der Waals surface area contributed by atoms with E-state index in [9.17, 15) is 4.79 Å². The van der Waals surface area contributed by atoms with Gasteiger partial charge in [-0.25, -0.2) is 4.79 Å². The highest BCUT2D eigenvalue weighted by Crippen LogP contribution is 2.36. The molecule has 1 aromatic heterocycles. The summed E-state index contributed by atoms with van der Waals surface area (Å²) in [6.45, 7) is 7.91. The number of hydrogen-bond donors (Lipinski definition) is 0. The van der Waals surface area contributed by atoms with E-state index in [0.717, 1.165) is 38.0 Å². The summed E-state index contributed by atoms with van der Waals surface area (Å²) in [5.74, 6) is 0. The fourth-order valence-corrected chi connectivity index (χ4v) is 4.21. The molecule has 0 atom stereocenters. The van der Waals surface area contributed by atoms with Crippen LogP contribution in [0.5, 0.6) is 0 Å². The van der Waals surface area contributed by atoms with Gasteiger partial charge in [-0.1, -0.05) is 42.5 Å². The fourth-order valence-electron chi connectivity index (χ4n) is 4.21. The topological polar surface area (TPSA) is 43.7 Å². The Morgan fingerprint density at radius 3 is 2.50 bits per heavy atom. The van der Waals surface area contributed by atoms with Crippen LogP contribution < -0.4 is 0 Å². The van der Waals surface area contributed by atoms with Crippen LogP contribution in [0.3, 0.4) is 0 Å². The molecule has 1 aliphatic rings. The van der Waals surface area contributed by atoms with Crippen molar-refractivity contribution in [3.8, 4) is 11.1 Å². The number of methoxy groups -OCH3 is 1. The van der Waals surface area contributed by atoms with Crippen LogP contribution in [0, 0.1) is 0 Å². The molecule has 5 nitrogen and oxygen atoms in total. The zero-order valence-corrected chi connectivity index (χ0v) is 19.6. The number of fused-ring (bicyclic) bond motifs is 1. The molecule has 1 fully saturated rings. The van der Waals surface area contributed by atoms with Crippen LogP contribution in [-0.2, 0) is 22.6 Å². The van der Waals surface area contributed by atoms with Gasteiger partial charge in [-0.2, -0.15) is 0 Å². The minimum absolute atomic E-state index is 0.225. The predicted octanol–water partition coefficient (Wildman–Crippen LogP) is 6.24. The summed E-state index contributed by atoms with van der Waals surface area (Å²) < 4.78 is 13.3. The van der Waals surface area contributed by atoms with Crippen LogP contribution in [0.25, 0.3) is 22.0 Å². The number of aryl methyl sites for hydroxylation is 1. The first-order valence-corrected chi connectivity index (χ1v) is 11.5. The highest BCUT2D eigenvalue weighted by atomic mass is 16.6. The fraction of sp³-hybridized carbons (Fsp3) is 0.444. The van der Waals surface area contributed by atoms with Crippen molar-refractivity contribution in [1.29, 1.82) is 0 Å².